The van der Waals surface area contributed by atoms with E-state index in [1.54, 1.807) is 0 Å². The van der Waals surface area contributed by atoms with Crippen molar-refractivity contribution in [1.29, 1.82) is 0 Å². The normalized spacial score (nSPS) is 11.6. The second kappa shape index (κ2) is 11.5. The van der Waals surface area contributed by atoms with E-state index in [0.29, 0.717) is 0 Å². The van der Waals surface area contributed by atoms with Gasteiger partial charge in [-0.3, -0.25) is 0 Å². The van der Waals surface area contributed by atoms with Crippen LogP contribution in [0.25, 0.3) is 94.2 Å². The van der Waals surface area contributed by atoms with Gasteiger partial charge in [-0.2, -0.15) is 0 Å². The lowest BCUT2D eigenvalue weighted by Crippen LogP contribution is -1.93. The molecule has 3 heterocycles. The lowest BCUT2D eigenvalue weighted by molar-refractivity contribution is 0.674. The summed E-state index contributed by atoms with van der Waals surface area (Å²) < 4.78 is 9.42. The van der Waals surface area contributed by atoms with E-state index in [-0.39, 0.29) is 0 Å². The van der Waals surface area contributed by atoms with Crippen LogP contribution in [0.5, 0.6) is 0 Å². The van der Waals surface area contributed by atoms with Crippen LogP contribution >= 0.6 is 0 Å². The fourth-order valence-electron chi connectivity index (χ4n) is 7.45. The summed E-state index contributed by atoms with van der Waals surface area (Å²) in [6, 6.07) is 64.1. The van der Waals surface area contributed by atoms with E-state index in [9.17, 15) is 0 Å². The van der Waals surface area contributed by atoms with Crippen molar-refractivity contribution < 1.29 is 4.42 Å². The van der Waals surface area contributed by atoms with Crippen LogP contribution < -0.4 is 0 Å². The van der Waals surface area contributed by atoms with Gasteiger partial charge >= 0.3 is 0 Å². The van der Waals surface area contributed by atoms with Crippen LogP contribution in [0.1, 0.15) is 0 Å². The van der Waals surface area contributed by atoms with Gasteiger partial charge in [-0.25, -0.2) is 4.98 Å². The summed E-state index contributed by atoms with van der Waals surface area (Å²) in [4.78, 5) is 5.25. The molecule has 0 amide bonds. The van der Waals surface area contributed by atoms with E-state index in [1.165, 1.54) is 11.1 Å². The summed E-state index contributed by atoms with van der Waals surface area (Å²) in [5.74, 6) is 0. The van der Waals surface area contributed by atoms with E-state index in [0.717, 1.165) is 83.1 Å². The van der Waals surface area contributed by atoms with E-state index in [2.05, 4.69) is 180 Å². The number of pyridine rings is 1. The zero-order valence-electron chi connectivity index (χ0n) is 27.1. The Morgan fingerprint density at radius 3 is 1.70 bits per heavy atom. The fraction of sp³-hybridized carbons (Fsp3) is 0. The van der Waals surface area contributed by atoms with Gasteiger partial charge in [0.1, 0.15) is 11.2 Å². The number of hydrogen-bond acceptors (Lipinski definition) is 2. The molecule has 7 aromatic carbocycles. The minimum atomic E-state index is 0.841. The first-order valence-corrected chi connectivity index (χ1v) is 17.0. The molecule has 0 aliphatic rings. The average Bonchev–Trinajstić information content (AvgIpc) is 3.74. The Labute approximate surface area is 289 Å². The summed E-state index contributed by atoms with van der Waals surface area (Å²) in [5.41, 5.74) is 13.6. The van der Waals surface area contributed by atoms with Gasteiger partial charge in [0, 0.05) is 33.0 Å². The Morgan fingerprint density at radius 1 is 0.380 bits per heavy atom. The van der Waals surface area contributed by atoms with E-state index in [4.69, 9.17) is 9.40 Å². The van der Waals surface area contributed by atoms with Gasteiger partial charge in [0.2, 0.25) is 0 Å². The molecule has 0 radical (unpaired) electrons. The van der Waals surface area contributed by atoms with Gasteiger partial charge < -0.3 is 8.98 Å². The molecule has 0 saturated carbocycles. The highest BCUT2D eigenvalue weighted by Gasteiger charge is 2.21. The van der Waals surface area contributed by atoms with Gasteiger partial charge in [0.15, 0.2) is 0 Å². The van der Waals surface area contributed by atoms with Crippen molar-refractivity contribution in [2.24, 2.45) is 0 Å². The molecule has 0 atom stereocenters. The number of aromatic nitrogens is 2. The van der Waals surface area contributed by atoms with Crippen molar-refractivity contribution in [2.75, 3.05) is 0 Å². The highest BCUT2D eigenvalue weighted by molar-refractivity contribution is 6.25. The molecule has 3 nitrogen and oxygen atoms in total. The predicted octanol–water partition coefficient (Wildman–Crippen LogP) is 12.7. The number of para-hydroxylation sites is 2. The maximum Gasteiger partial charge on any atom is 0.145 e. The first-order chi connectivity index (χ1) is 24.8. The molecule has 50 heavy (non-hydrogen) atoms. The van der Waals surface area contributed by atoms with Crippen LogP contribution in [-0.2, 0) is 0 Å². The number of rotatable bonds is 5. The molecule has 10 rings (SSSR count). The molecular weight excluding hydrogens is 609 g/mol. The first-order valence-electron chi connectivity index (χ1n) is 17.0. The third kappa shape index (κ3) is 4.56. The van der Waals surface area contributed by atoms with Gasteiger partial charge in [-0.05, 0) is 70.8 Å². The van der Waals surface area contributed by atoms with Crippen LogP contribution in [-0.4, -0.2) is 9.55 Å². The monoisotopic (exact) mass is 638 g/mol. The average molecular weight is 639 g/mol. The SMILES string of the molecule is c1ccc(-c2cc(-c3ccccc3)nc(-c3cccc4c3oc3c4ccc4c3c3ccc(-c5ccccc5)cc3n4-c3ccccc3)c2)cc1. The number of benzene rings is 7. The molecule has 10 aromatic rings. The minimum Gasteiger partial charge on any atom is -0.455 e. The molecule has 0 saturated heterocycles. The predicted molar refractivity (Wildman–Crippen MR) is 208 cm³/mol. The Morgan fingerprint density at radius 2 is 0.980 bits per heavy atom. The lowest BCUT2D eigenvalue weighted by atomic mass is 9.99. The number of hydrogen-bond donors (Lipinski definition) is 0. The fourth-order valence-corrected chi connectivity index (χ4v) is 7.45. The lowest BCUT2D eigenvalue weighted by Gasteiger charge is -2.10. The largest absolute Gasteiger partial charge is 0.455 e. The Balaban J connectivity index is 1.25. The van der Waals surface area contributed by atoms with Gasteiger partial charge in [0.05, 0.1) is 27.8 Å². The molecule has 0 aliphatic heterocycles. The minimum absolute atomic E-state index is 0.841. The molecule has 3 aromatic heterocycles. The van der Waals surface area contributed by atoms with E-state index < -0.39 is 0 Å². The summed E-state index contributed by atoms with van der Waals surface area (Å²) in [5, 5.41) is 4.44. The molecule has 0 fully saturated rings. The van der Waals surface area contributed by atoms with Crippen molar-refractivity contribution in [1.82, 2.24) is 9.55 Å². The van der Waals surface area contributed by atoms with Crippen molar-refractivity contribution in [2.45, 2.75) is 0 Å². The molecule has 0 N–H and O–H groups in total. The number of furan rings is 1. The van der Waals surface area contributed by atoms with E-state index in [1.807, 2.05) is 6.07 Å². The highest BCUT2D eigenvalue weighted by atomic mass is 16.3. The zero-order chi connectivity index (χ0) is 33.0. The first kappa shape index (κ1) is 28.3. The van der Waals surface area contributed by atoms with Gasteiger partial charge in [-0.1, -0.05) is 133 Å². The van der Waals surface area contributed by atoms with Gasteiger partial charge in [-0.15, -0.1) is 0 Å². The van der Waals surface area contributed by atoms with Crippen LogP contribution in [0.3, 0.4) is 0 Å². The van der Waals surface area contributed by atoms with Crippen LogP contribution in [0.4, 0.5) is 0 Å². The van der Waals surface area contributed by atoms with Crippen LogP contribution in [0.2, 0.25) is 0 Å². The molecule has 0 unspecified atom stereocenters. The van der Waals surface area contributed by atoms with Crippen molar-refractivity contribution >= 4 is 43.7 Å². The van der Waals surface area contributed by atoms with E-state index >= 15 is 0 Å². The maximum atomic E-state index is 7.06. The Hall–Kier alpha value is -6.71. The third-order valence-electron chi connectivity index (χ3n) is 9.79. The quantitative estimate of drug-likeness (QED) is 0.188. The van der Waals surface area contributed by atoms with Crippen LogP contribution in [0, 0.1) is 0 Å². The molecule has 0 aliphatic carbocycles. The summed E-state index contributed by atoms with van der Waals surface area (Å²) in [7, 11) is 0. The maximum absolute atomic E-state index is 7.06. The topological polar surface area (TPSA) is 31.0 Å². The zero-order valence-corrected chi connectivity index (χ0v) is 27.1. The van der Waals surface area contributed by atoms with Gasteiger partial charge in [0.25, 0.3) is 0 Å². The highest BCUT2D eigenvalue weighted by Crippen LogP contribution is 2.44. The number of nitrogens with zero attached hydrogens (tertiary/aromatic N) is 2. The Kier molecular flexibility index (Phi) is 6.49. The third-order valence-corrected chi connectivity index (χ3v) is 9.79. The van der Waals surface area contributed by atoms with Crippen molar-refractivity contribution in [3.8, 4) is 50.5 Å². The standard InChI is InChI=1S/C47H30N2O/c1-5-14-31(15-6-1)34-24-25-40-44(30-34)49(36-20-11-4-12-21-36)43-27-26-38-37-22-13-23-39(46(37)50-47(38)45(40)43)42-29-35(32-16-7-2-8-17-32)28-41(48-42)33-18-9-3-10-19-33/h1-30H. The number of fused-ring (bicyclic) bond motifs is 7. The Bertz CT molecular complexity index is 2780. The molecule has 3 heteroatoms. The molecular formula is C47H30N2O. The summed E-state index contributed by atoms with van der Waals surface area (Å²) in [6.07, 6.45) is 0. The van der Waals surface area contributed by atoms with Crippen molar-refractivity contribution in [3.63, 3.8) is 0 Å². The van der Waals surface area contributed by atoms with Crippen LogP contribution in [0.15, 0.2) is 186 Å². The molecule has 0 spiro atoms. The molecule has 0 bridgehead atoms. The smallest absolute Gasteiger partial charge is 0.145 e. The molecule has 234 valence electrons. The summed E-state index contributed by atoms with van der Waals surface area (Å²) >= 11 is 0. The second-order valence-corrected chi connectivity index (χ2v) is 12.7. The van der Waals surface area contributed by atoms with Crippen molar-refractivity contribution in [3.05, 3.63) is 182 Å². The summed E-state index contributed by atoms with van der Waals surface area (Å²) in [6.45, 7) is 0. The second-order valence-electron chi connectivity index (χ2n) is 12.7.